The minimum absolute atomic E-state index is 0.264. The van der Waals surface area contributed by atoms with E-state index in [0.29, 0.717) is 23.1 Å². The zero-order valence-electron chi connectivity index (χ0n) is 10.6. The Labute approximate surface area is 127 Å². The Hall–Kier alpha value is -1.78. The second kappa shape index (κ2) is 7.12. The van der Waals surface area contributed by atoms with Gasteiger partial charge in [0.25, 0.3) is 0 Å². The standard InChI is InChI=1S/C14H13Cl2N3O/c15-12-4-3-11(13(16)6-12)9-19-14(20)18-8-10-2-1-5-17-7-10/h1-7H,8-9H2,(H2,18,19,20). The van der Waals surface area contributed by atoms with E-state index in [1.807, 2.05) is 12.1 Å². The van der Waals surface area contributed by atoms with Gasteiger partial charge in [-0.2, -0.15) is 0 Å². The predicted molar refractivity (Wildman–Crippen MR) is 79.8 cm³/mol. The van der Waals surface area contributed by atoms with Gasteiger partial charge in [-0.3, -0.25) is 4.98 Å². The first kappa shape index (κ1) is 14.6. The van der Waals surface area contributed by atoms with Gasteiger partial charge < -0.3 is 10.6 Å². The van der Waals surface area contributed by atoms with Crippen LogP contribution >= 0.6 is 23.2 Å². The van der Waals surface area contributed by atoms with Gasteiger partial charge in [-0.25, -0.2) is 4.79 Å². The van der Waals surface area contributed by atoms with Crippen LogP contribution in [0.15, 0.2) is 42.7 Å². The van der Waals surface area contributed by atoms with Crippen LogP contribution in [0.4, 0.5) is 4.79 Å². The van der Waals surface area contributed by atoms with Crippen LogP contribution < -0.4 is 10.6 Å². The molecule has 2 rings (SSSR count). The molecule has 0 bridgehead atoms. The number of pyridine rings is 1. The normalized spacial score (nSPS) is 10.1. The molecule has 0 unspecified atom stereocenters. The summed E-state index contributed by atoms with van der Waals surface area (Å²) in [4.78, 5) is 15.6. The number of nitrogens with one attached hydrogen (secondary N) is 2. The van der Waals surface area contributed by atoms with E-state index in [1.54, 1.807) is 30.6 Å². The van der Waals surface area contributed by atoms with Gasteiger partial charge in [0.1, 0.15) is 0 Å². The van der Waals surface area contributed by atoms with Crippen molar-refractivity contribution in [2.75, 3.05) is 0 Å². The molecule has 1 heterocycles. The van der Waals surface area contributed by atoms with Gasteiger partial charge in [-0.05, 0) is 29.3 Å². The summed E-state index contributed by atoms with van der Waals surface area (Å²) in [6.07, 6.45) is 3.39. The first-order valence-electron chi connectivity index (χ1n) is 5.99. The molecular weight excluding hydrogens is 297 g/mol. The minimum atomic E-state index is -0.264. The number of aromatic nitrogens is 1. The first-order chi connectivity index (χ1) is 9.65. The largest absolute Gasteiger partial charge is 0.334 e. The maximum atomic E-state index is 11.7. The molecular formula is C14H13Cl2N3O. The van der Waals surface area contributed by atoms with Crippen LogP contribution in [0.5, 0.6) is 0 Å². The fourth-order valence-corrected chi connectivity index (χ4v) is 2.06. The third-order valence-corrected chi connectivity index (χ3v) is 3.22. The Morgan fingerprint density at radius 3 is 2.65 bits per heavy atom. The van der Waals surface area contributed by atoms with Crippen molar-refractivity contribution >= 4 is 29.2 Å². The lowest BCUT2D eigenvalue weighted by Gasteiger charge is -2.09. The van der Waals surface area contributed by atoms with E-state index in [2.05, 4.69) is 15.6 Å². The van der Waals surface area contributed by atoms with Gasteiger partial charge in [0.05, 0.1) is 0 Å². The number of benzene rings is 1. The van der Waals surface area contributed by atoms with Gasteiger partial charge in [0.2, 0.25) is 0 Å². The third kappa shape index (κ3) is 4.40. The molecule has 1 aromatic heterocycles. The molecule has 2 aromatic rings. The summed E-state index contributed by atoms with van der Waals surface area (Å²) in [5.74, 6) is 0. The summed E-state index contributed by atoms with van der Waals surface area (Å²) in [5.41, 5.74) is 1.75. The lowest BCUT2D eigenvalue weighted by molar-refractivity contribution is 0.240. The topological polar surface area (TPSA) is 54.0 Å². The van der Waals surface area contributed by atoms with E-state index in [4.69, 9.17) is 23.2 Å². The third-order valence-electron chi connectivity index (χ3n) is 2.63. The molecule has 0 aliphatic rings. The van der Waals surface area contributed by atoms with Crippen molar-refractivity contribution in [3.05, 3.63) is 63.9 Å². The maximum Gasteiger partial charge on any atom is 0.315 e. The first-order valence-corrected chi connectivity index (χ1v) is 6.75. The van der Waals surface area contributed by atoms with E-state index in [-0.39, 0.29) is 6.03 Å². The number of urea groups is 1. The average molecular weight is 310 g/mol. The molecule has 1 aromatic carbocycles. The zero-order chi connectivity index (χ0) is 14.4. The van der Waals surface area contributed by atoms with Crippen molar-refractivity contribution in [2.24, 2.45) is 0 Å². The molecule has 0 saturated carbocycles. The van der Waals surface area contributed by atoms with Gasteiger partial charge in [0, 0.05) is 35.5 Å². The lowest BCUT2D eigenvalue weighted by Crippen LogP contribution is -2.34. The Morgan fingerprint density at radius 2 is 1.95 bits per heavy atom. The highest BCUT2D eigenvalue weighted by Crippen LogP contribution is 2.20. The van der Waals surface area contributed by atoms with Crippen molar-refractivity contribution in [3.63, 3.8) is 0 Å². The van der Waals surface area contributed by atoms with Crippen molar-refractivity contribution in [1.82, 2.24) is 15.6 Å². The summed E-state index contributed by atoms with van der Waals surface area (Å²) in [5, 5.41) is 6.57. The molecule has 2 amide bonds. The molecule has 0 aliphatic carbocycles. The average Bonchev–Trinajstić information content (AvgIpc) is 2.45. The van der Waals surface area contributed by atoms with Crippen LogP contribution in [0, 0.1) is 0 Å². The molecule has 6 heteroatoms. The molecule has 0 spiro atoms. The van der Waals surface area contributed by atoms with Crippen molar-refractivity contribution in [2.45, 2.75) is 13.1 Å². The van der Waals surface area contributed by atoms with Crippen molar-refractivity contribution < 1.29 is 4.79 Å². The fourth-order valence-electron chi connectivity index (χ4n) is 1.59. The number of nitrogens with zero attached hydrogens (tertiary/aromatic N) is 1. The van der Waals surface area contributed by atoms with Gasteiger partial charge in [-0.1, -0.05) is 35.3 Å². The van der Waals surface area contributed by atoms with Gasteiger partial charge in [-0.15, -0.1) is 0 Å². The SMILES string of the molecule is O=C(NCc1cccnc1)NCc1ccc(Cl)cc1Cl. The van der Waals surface area contributed by atoms with Crippen LogP contribution in [-0.2, 0) is 13.1 Å². The van der Waals surface area contributed by atoms with E-state index in [1.165, 1.54) is 0 Å². The molecule has 104 valence electrons. The fraction of sp³-hybridized carbons (Fsp3) is 0.143. The monoisotopic (exact) mass is 309 g/mol. The molecule has 0 aliphatic heterocycles. The smallest absolute Gasteiger partial charge is 0.315 e. The summed E-state index contributed by atoms with van der Waals surface area (Å²) < 4.78 is 0. The summed E-state index contributed by atoms with van der Waals surface area (Å²) in [6, 6.07) is 8.61. The van der Waals surface area contributed by atoms with Gasteiger partial charge in [0.15, 0.2) is 0 Å². The summed E-state index contributed by atoms with van der Waals surface area (Å²) in [6.45, 7) is 0.767. The predicted octanol–water partition coefficient (Wildman–Crippen LogP) is 3.39. The zero-order valence-corrected chi connectivity index (χ0v) is 12.1. The minimum Gasteiger partial charge on any atom is -0.334 e. The molecule has 0 fully saturated rings. The Balaban J connectivity index is 1.80. The van der Waals surface area contributed by atoms with Crippen LogP contribution in [0.25, 0.3) is 0 Å². The summed E-state index contributed by atoms with van der Waals surface area (Å²) in [7, 11) is 0. The van der Waals surface area contributed by atoms with Crippen molar-refractivity contribution in [1.29, 1.82) is 0 Å². The number of carbonyl (C=O) groups is 1. The van der Waals surface area contributed by atoms with E-state index < -0.39 is 0 Å². The second-order valence-corrected chi connectivity index (χ2v) is 4.98. The second-order valence-electron chi connectivity index (χ2n) is 4.13. The Bertz CT molecular complexity index is 590. The van der Waals surface area contributed by atoms with E-state index in [9.17, 15) is 4.79 Å². The molecule has 4 nitrogen and oxygen atoms in total. The number of amides is 2. The highest BCUT2D eigenvalue weighted by atomic mass is 35.5. The van der Waals surface area contributed by atoms with Crippen LogP contribution in [0.3, 0.4) is 0 Å². The molecule has 0 atom stereocenters. The number of rotatable bonds is 4. The highest BCUT2D eigenvalue weighted by molar-refractivity contribution is 6.35. The molecule has 20 heavy (non-hydrogen) atoms. The van der Waals surface area contributed by atoms with Crippen molar-refractivity contribution in [3.8, 4) is 0 Å². The number of hydrogen-bond donors (Lipinski definition) is 2. The lowest BCUT2D eigenvalue weighted by atomic mass is 10.2. The van der Waals surface area contributed by atoms with E-state index in [0.717, 1.165) is 11.1 Å². The highest BCUT2D eigenvalue weighted by Gasteiger charge is 2.04. The molecule has 0 saturated heterocycles. The molecule has 2 N–H and O–H groups in total. The van der Waals surface area contributed by atoms with Crippen LogP contribution in [-0.4, -0.2) is 11.0 Å². The Kier molecular flexibility index (Phi) is 5.21. The summed E-state index contributed by atoms with van der Waals surface area (Å²) >= 11 is 11.8. The van der Waals surface area contributed by atoms with Gasteiger partial charge >= 0.3 is 6.03 Å². The number of halogens is 2. The van der Waals surface area contributed by atoms with Crippen LogP contribution in [0.1, 0.15) is 11.1 Å². The number of hydrogen-bond acceptors (Lipinski definition) is 2. The van der Waals surface area contributed by atoms with E-state index >= 15 is 0 Å². The Morgan fingerprint density at radius 1 is 1.15 bits per heavy atom. The quantitative estimate of drug-likeness (QED) is 0.909. The molecule has 0 radical (unpaired) electrons. The number of carbonyl (C=O) groups excluding carboxylic acids is 1. The maximum absolute atomic E-state index is 11.7. The van der Waals surface area contributed by atoms with Crippen LogP contribution in [0.2, 0.25) is 10.0 Å².